The molecule has 1 fully saturated rings. The van der Waals surface area contributed by atoms with Crippen molar-refractivity contribution in [2.75, 3.05) is 0 Å². The molecule has 0 aromatic carbocycles. The van der Waals surface area contributed by atoms with Gasteiger partial charge in [-0.05, 0) is 26.0 Å². The van der Waals surface area contributed by atoms with Gasteiger partial charge in [0.15, 0.2) is 11.9 Å². The number of carbonyl (C=O) groups excluding carboxylic acids is 3. The van der Waals surface area contributed by atoms with Crippen LogP contribution < -0.4 is 0 Å². The van der Waals surface area contributed by atoms with Crippen LogP contribution in [0.5, 0.6) is 0 Å². The Kier molecular flexibility index (Phi) is 2.49. The highest BCUT2D eigenvalue weighted by molar-refractivity contribution is 6.27. The third-order valence-electron chi connectivity index (χ3n) is 4.30. The minimum Gasteiger partial charge on any atom is -0.454 e. The van der Waals surface area contributed by atoms with Crippen LogP contribution in [0, 0.1) is 0 Å². The predicted octanol–water partition coefficient (Wildman–Crippen LogP) is 1.25. The van der Waals surface area contributed by atoms with Gasteiger partial charge in [0.25, 0.3) is 0 Å². The van der Waals surface area contributed by atoms with E-state index in [0.29, 0.717) is 0 Å². The smallest absolute Gasteiger partial charge is 0.309 e. The molecular weight excluding hydrogens is 286 g/mol. The Labute approximate surface area is 126 Å². The van der Waals surface area contributed by atoms with Crippen molar-refractivity contribution in [3.63, 3.8) is 0 Å². The Morgan fingerprint density at radius 1 is 1.23 bits per heavy atom. The predicted molar refractivity (Wildman–Crippen MR) is 73.4 cm³/mol. The van der Waals surface area contributed by atoms with E-state index in [1.54, 1.807) is 26.0 Å². The second-order valence-corrected chi connectivity index (χ2v) is 6.13. The maximum Gasteiger partial charge on any atom is 0.309 e. The Morgan fingerprint density at radius 2 is 2.00 bits per heavy atom. The number of aromatic nitrogens is 1. The van der Waals surface area contributed by atoms with Crippen LogP contribution in [0.1, 0.15) is 41.1 Å². The first-order valence-corrected chi connectivity index (χ1v) is 7.06. The van der Waals surface area contributed by atoms with E-state index in [4.69, 9.17) is 9.47 Å². The summed E-state index contributed by atoms with van der Waals surface area (Å²) < 4.78 is 11.1. The van der Waals surface area contributed by atoms with E-state index in [1.165, 1.54) is 6.20 Å². The number of esters is 1. The second kappa shape index (κ2) is 4.10. The quantitative estimate of drug-likeness (QED) is 0.670. The Morgan fingerprint density at radius 3 is 2.77 bits per heavy atom. The molecule has 1 aromatic rings. The molecule has 3 aliphatic rings. The molecule has 0 spiro atoms. The fourth-order valence-corrected chi connectivity index (χ4v) is 3.46. The molecule has 1 aromatic heterocycles. The molecule has 0 bridgehead atoms. The largest absolute Gasteiger partial charge is 0.454 e. The van der Waals surface area contributed by atoms with Gasteiger partial charge in [0.05, 0.1) is 23.2 Å². The van der Waals surface area contributed by atoms with Crippen molar-refractivity contribution in [2.24, 2.45) is 0 Å². The maximum absolute atomic E-state index is 12.8. The van der Waals surface area contributed by atoms with Gasteiger partial charge in [0, 0.05) is 11.8 Å². The van der Waals surface area contributed by atoms with Crippen LogP contribution in [0.25, 0.3) is 0 Å². The molecule has 0 unspecified atom stereocenters. The molecule has 4 rings (SSSR count). The highest BCUT2D eigenvalue weighted by atomic mass is 16.6. The van der Waals surface area contributed by atoms with Gasteiger partial charge >= 0.3 is 5.97 Å². The third kappa shape index (κ3) is 1.58. The van der Waals surface area contributed by atoms with Gasteiger partial charge in [-0.25, -0.2) is 0 Å². The summed E-state index contributed by atoms with van der Waals surface area (Å²) in [6, 6.07) is 3.19. The van der Waals surface area contributed by atoms with Crippen molar-refractivity contribution in [1.82, 2.24) is 4.98 Å². The Hall–Kier alpha value is -2.34. The van der Waals surface area contributed by atoms with E-state index in [9.17, 15) is 14.4 Å². The molecule has 112 valence electrons. The molecule has 3 heterocycles. The van der Waals surface area contributed by atoms with E-state index in [2.05, 4.69) is 4.98 Å². The molecule has 1 saturated heterocycles. The normalized spacial score (nSPS) is 28.9. The van der Waals surface area contributed by atoms with Crippen molar-refractivity contribution < 1.29 is 23.9 Å². The number of rotatable bonds is 0. The molecular formula is C16H13NO5. The standard InChI is InChI=1S/C16H13NO5/c1-16(2)11-10(15-8(22-16)6-9(18)21-15)14(20)12-7(13(11)19)4-3-5-17-12/h3-5,8,15H,6H2,1-2H3/t8-,15+/m1/s1. The number of hydrogen-bond donors (Lipinski definition) is 0. The van der Waals surface area contributed by atoms with Crippen LogP contribution >= 0.6 is 0 Å². The number of fused-ring (bicyclic) bond motifs is 3. The first kappa shape index (κ1) is 13.3. The molecule has 2 atom stereocenters. The van der Waals surface area contributed by atoms with E-state index in [-0.39, 0.29) is 40.4 Å². The highest BCUT2D eigenvalue weighted by Crippen LogP contribution is 2.44. The van der Waals surface area contributed by atoms with Crippen LogP contribution in [0.2, 0.25) is 0 Å². The van der Waals surface area contributed by atoms with E-state index >= 15 is 0 Å². The number of ketones is 2. The number of pyridine rings is 1. The molecule has 0 amide bonds. The fraction of sp³-hybridized carbons (Fsp3) is 0.375. The Balaban J connectivity index is 1.97. The average Bonchev–Trinajstić information content (AvgIpc) is 2.82. The zero-order chi connectivity index (χ0) is 15.6. The maximum atomic E-state index is 12.8. The summed E-state index contributed by atoms with van der Waals surface area (Å²) >= 11 is 0. The zero-order valence-electron chi connectivity index (χ0n) is 12.1. The lowest BCUT2D eigenvalue weighted by molar-refractivity contribution is -0.141. The second-order valence-electron chi connectivity index (χ2n) is 6.13. The fourth-order valence-electron chi connectivity index (χ4n) is 3.46. The van der Waals surface area contributed by atoms with Crippen molar-refractivity contribution in [1.29, 1.82) is 0 Å². The first-order chi connectivity index (χ1) is 10.4. The summed E-state index contributed by atoms with van der Waals surface area (Å²) in [6.07, 6.45) is 0.199. The van der Waals surface area contributed by atoms with Gasteiger partial charge in [-0.3, -0.25) is 19.4 Å². The van der Waals surface area contributed by atoms with Gasteiger partial charge in [0.2, 0.25) is 5.78 Å². The zero-order valence-corrected chi connectivity index (χ0v) is 12.1. The van der Waals surface area contributed by atoms with E-state index in [0.717, 1.165) is 0 Å². The third-order valence-corrected chi connectivity index (χ3v) is 4.30. The molecule has 0 N–H and O–H groups in total. The molecule has 22 heavy (non-hydrogen) atoms. The van der Waals surface area contributed by atoms with Crippen LogP contribution in [0.15, 0.2) is 29.5 Å². The van der Waals surface area contributed by atoms with Crippen LogP contribution in [0.3, 0.4) is 0 Å². The SMILES string of the molecule is CC1(C)O[C@@H]2CC(=O)O[C@@H]2C2=C1C(=O)c1cccnc1C2=O. The number of carbonyl (C=O) groups is 3. The summed E-state index contributed by atoms with van der Waals surface area (Å²) in [6.45, 7) is 3.46. The summed E-state index contributed by atoms with van der Waals surface area (Å²) in [5.41, 5.74) is -0.0707. The van der Waals surface area contributed by atoms with Crippen molar-refractivity contribution in [2.45, 2.75) is 38.1 Å². The first-order valence-electron chi connectivity index (χ1n) is 7.06. The lowest BCUT2D eigenvalue weighted by Crippen LogP contribution is -2.50. The molecule has 2 aliphatic heterocycles. The lowest BCUT2D eigenvalue weighted by atomic mass is 9.75. The van der Waals surface area contributed by atoms with Gasteiger partial charge in [-0.15, -0.1) is 0 Å². The number of ether oxygens (including phenoxy) is 2. The molecule has 0 radical (unpaired) electrons. The monoisotopic (exact) mass is 299 g/mol. The highest BCUT2D eigenvalue weighted by Gasteiger charge is 2.54. The molecule has 1 aliphatic carbocycles. The summed E-state index contributed by atoms with van der Waals surface area (Å²) in [7, 11) is 0. The molecule has 6 nitrogen and oxygen atoms in total. The Bertz CT molecular complexity index is 776. The lowest BCUT2D eigenvalue weighted by Gasteiger charge is -2.40. The number of hydrogen-bond acceptors (Lipinski definition) is 6. The van der Waals surface area contributed by atoms with Crippen LogP contribution in [-0.2, 0) is 14.3 Å². The molecule has 0 saturated carbocycles. The summed E-state index contributed by atoms with van der Waals surface area (Å²) in [5, 5.41) is 0. The van der Waals surface area contributed by atoms with Crippen LogP contribution in [0.4, 0.5) is 0 Å². The average molecular weight is 299 g/mol. The summed E-state index contributed by atoms with van der Waals surface area (Å²) in [5.74, 6) is -1.07. The molecule has 6 heteroatoms. The number of Topliss-reactive ketones (excluding diaryl/α,β-unsaturated/α-hetero) is 2. The van der Waals surface area contributed by atoms with Gasteiger partial charge in [-0.2, -0.15) is 0 Å². The topological polar surface area (TPSA) is 82.6 Å². The van der Waals surface area contributed by atoms with Crippen LogP contribution in [-0.4, -0.2) is 40.3 Å². The van der Waals surface area contributed by atoms with Gasteiger partial charge in [0.1, 0.15) is 11.8 Å². The van der Waals surface area contributed by atoms with Crippen molar-refractivity contribution >= 4 is 17.5 Å². The van der Waals surface area contributed by atoms with E-state index in [1.807, 2.05) is 0 Å². The minimum absolute atomic E-state index is 0.0847. The minimum atomic E-state index is -0.954. The number of nitrogens with zero attached hydrogens (tertiary/aromatic N) is 1. The summed E-state index contributed by atoms with van der Waals surface area (Å²) in [4.78, 5) is 41.3. The van der Waals surface area contributed by atoms with Gasteiger partial charge < -0.3 is 9.47 Å². The van der Waals surface area contributed by atoms with Gasteiger partial charge in [-0.1, -0.05) is 0 Å². The van der Waals surface area contributed by atoms with E-state index < -0.39 is 23.8 Å². The van der Waals surface area contributed by atoms with Crippen molar-refractivity contribution in [3.8, 4) is 0 Å². The van der Waals surface area contributed by atoms with Crippen molar-refractivity contribution in [3.05, 3.63) is 40.7 Å².